The Labute approximate surface area is 122 Å². The highest BCUT2D eigenvalue weighted by Gasteiger charge is 2.24. The van der Waals surface area contributed by atoms with Crippen molar-refractivity contribution < 1.29 is 24.5 Å². The number of carbonyl (C=O) groups is 2. The van der Waals surface area contributed by atoms with Gasteiger partial charge in [-0.3, -0.25) is 9.59 Å². The molecule has 110 valence electrons. The third-order valence-corrected chi connectivity index (χ3v) is 3.10. The van der Waals surface area contributed by atoms with Crippen LogP contribution in [0.5, 0.6) is 0 Å². The van der Waals surface area contributed by atoms with Crippen LogP contribution in [0.25, 0.3) is 0 Å². The number of esters is 1. The molecule has 0 fully saturated rings. The van der Waals surface area contributed by atoms with Crippen LogP contribution in [0.4, 0.5) is 0 Å². The molecule has 0 heterocycles. The smallest absolute Gasteiger partial charge is 0.308 e. The van der Waals surface area contributed by atoms with Gasteiger partial charge in [-0.25, -0.2) is 0 Å². The molecular formula is C14H17ClO5. The number of rotatable bonds is 6. The van der Waals surface area contributed by atoms with E-state index in [1.807, 2.05) is 0 Å². The van der Waals surface area contributed by atoms with Crippen molar-refractivity contribution in [3.05, 3.63) is 34.3 Å². The maximum atomic E-state index is 11.2. The van der Waals surface area contributed by atoms with Crippen LogP contribution in [0.3, 0.4) is 0 Å². The van der Waals surface area contributed by atoms with Crippen LogP contribution in [0.15, 0.2) is 18.2 Å². The zero-order valence-corrected chi connectivity index (χ0v) is 12.1. The summed E-state index contributed by atoms with van der Waals surface area (Å²) in [6.45, 7) is 3.26. The SMILES string of the molecule is CCOC(=O)CC(O)C(O)c1ccc(C(C)=O)cc1Cl. The average molecular weight is 301 g/mol. The molecule has 20 heavy (non-hydrogen) atoms. The minimum atomic E-state index is -1.33. The first-order valence-electron chi connectivity index (χ1n) is 6.19. The molecule has 0 saturated heterocycles. The zero-order chi connectivity index (χ0) is 15.3. The van der Waals surface area contributed by atoms with Crippen LogP contribution >= 0.6 is 11.6 Å². The van der Waals surface area contributed by atoms with Crippen LogP contribution in [-0.4, -0.2) is 34.7 Å². The van der Waals surface area contributed by atoms with Gasteiger partial charge in [0.1, 0.15) is 6.10 Å². The van der Waals surface area contributed by atoms with Crippen LogP contribution in [-0.2, 0) is 9.53 Å². The van der Waals surface area contributed by atoms with E-state index in [9.17, 15) is 19.8 Å². The Hall–Kier alpha value is -1.43. The van der Waals surface area contributed by atoms with Crippen molar-refractivity contribution in [1.29, 1.82) is 0 Å². The van der Waals surface area contributed by atoms with Crippen molar-refractivity contribution in [2.75, 3.05) is 6.61 Å². The lowest BCUT2D eigenvalue weighted by atomic mass is 10.00. The van der Waals surface area contributed by atoms with Crippen molar-refractivity contribution in [3.63, 3.8) is 0 Å². The topological polar surface area (TPSA) is 83.8 Å². The lowest BCUT2D eigenvalue weighted by molar-refractivity contribution is -0.147. The molecule has 6 heteroatoms. The Morgan fingerprint density at radius 2 is 2.00 bits per heavy atom. The normalized spacial score (nSPS) is 13.7. The van der Waals surface area contributed by atoms with E-state index in [0.29, 0.717) is 5.56 Å². The van der Waals surface area contributed by atoms with E-state index in [2.05, 4.69) is 0 Å². The Morgan fingerprint density at radius 1 is 1.35 bits per heavy atom. The minimum Gasteiger partial charge on any atom is -0.466 e. The molecule has 5 nitrogen and oxygen atoms in total. The first kappa shape index (κ1) is 16.6. The summed E-state index contributed by atoms with van der Waals surface area (Å²) in [7, 11) is 0. The third kappa shape index (κ3) is 4.30. The van der Waals surface area contributed by atoms with Gasteiger partial charge in [-0.05, 0) is 19.9 Å². The largest absolute Gasteiger partial charge is 0.466 e. The van der Waals surface area contributed by atoms with Crippen LogP contribution in [0.1, 0.15) is 42.3 Å². The fraction of sp³-hybridized carbons (Fsp3) is 0.429. The van der Waals surface area contributed by atoms with Crippen molar-refractivity contribution in [3.8, 4) is 0 Å². The van der Waals surface area contributed by atoms with Gasteiger partial charge in [0.15, 0.2) is 5.78 Å². The van der Waals surface area contributed by atoms with E-state index < -0.39 is 18.2 Å². The monoisotopic (exact) mass is 300 g/mol. The van der Waals surface area contributed by atoms with Crippen molar-refractivity contribution in [1.82, 2.24) is 0 Å². The summed E-state index contributed by atoms with van der Waals surface area (Å²) >= 11 is 5.97. The highest BCUT2D eigenvalue weighted by Crippen LogP contribution is 2.27. The van der Waals surface area contributed by atoms with Gasteiger partial charge < -0.3 is 14.9 Å². The molecule has 1 aromatic rings. The van der Waals surface area contributed by atoms with Gasteiger partial charge in [0.05, 0.1) is 19.1 Å². The number of hydrogen-bond donors (Lipinski definition) is 2. The highest BCUT2D eigenvalue weighted by molar-refractivity contribution is 6.31. The molecule has 0 aliphatic heterocycles. The lowest BCUT2D eigenvalue weighted by Gasteiger charge is -2.18. The second-order valence-corrected chi connectivity index (χ2v) is 4.72. The van der Waals surface area contributed by atoms with E-state index in [1.54, 1.807) is 6.92 Å². The molecule has 2 atom stereocenters. The number of hydrogen-bond acceptors (Lipinski definition) is 5. The van der Waals surface area contributed by atoms with Gasteiger partial charge in [-0.2, -0.15) is 0 Å². The number of aliphatic hydroxyl groups excluding tert-OH is 2. The average Bonchev–Trinajstić information content (AvgIpc) is 2.37. The van der Waals surface area contributed by atoms with E-state index in [1.165, 1.54) is 25.1 Å². The molecule has 1 rings (SSSR count). The number of aliphatic hydroxyl groups is 2. The molecule has 0 radical (unpaired) electrons. The molecule has 0 saturated carbocycles. The number of carbonyl (C=O) groups excluding carboxylic acids is 2. The van der Waals surface area contributed by atoms with Crippen molar-refractivity contribution in [2.45, 2.75) is 32.5 Å². The molecule has 0 aliphatic carbocycles. The third-order valence-electron chi connectivity index (χ3n) is 2.77. The van der Waals surface area contributed by atoms with E-state index >= 15 is 0 Å². The van der Waals surface area contributed by atoms with E-state index in [4.69, 9.17) is 16.3 Å². The number of ketones is 1. The minimum absolute atomic E-state index is 0.153. The fourth-order valence-electron chi connectivity index (χ4n) is 1.70. The molecule has 0 spiro atoms. The van der Waals surface area contributed by atoms with Gasteiger partial charge in [0.25, 0.3) is 0 Å². The molecule has 0 bridgehead atoms. The predicted octanol–water partition coefficient (Wildman–Crippen LogP) is 1.89. The van der Waals surface area contributed by atoms with Gasteiger partial charge in [0.2, 0.25) is 0 Å². The van der Waals surface area contributed by atoms with E-state index in [-0.39, 0.29) is 29.4 Å². The summed E-state index contributed by atoms with van der Waals surface area (Å²) < 4.78 is 4.69. The predicted molar refractivity (Wildman–Crippen MR) is 73.7 cm³/mol. The van der Waals surface area contributed by atoms with Crippen LogP contribution in [0, 0.1) is 0 Å². The molecule has 2 N–H and O–H groups in total. The Morgan fingerprint density at radius 3 is 2.50 bits per heavy atom. The molecule has 0 aliphatic rings. The summed E-state index contributed by atoms with van der Waals surface area (Å²) in [5.41, 5.74) is 0.666. The maximum absolute atomic E-state index is 11.2. The maximum Gasteiger partial charge on any atom is 0.308 e. The number of Topliss-reactive ketones (excluding diaryl/α,β-unsaturated/α-hetero) is 1. The Kier molecular flexibility index (Phi) is 6.13. The number of halogens is 1. The molecule has 1 aromatic carbocycles. The quantitative estimate of drug-likeness (QED) is 0.619. The van der Waals surface area contributed by atoms with Crippen molar-refractivity contribution in [2.24, 2.45) is 0 Å². The molecule has 0 amide bonds. The summed E-state index contributed by atoms with van der Waals surface area (Å²) in [6, 6.07) is 4.38. The summed E-state index contributed by atoms with van der Waals surface area (Å²) in [5, 5.41) is 19.9. The van der Waals surface area contributed by atoms with Crippen LogP contribution < -0.4 is 0 Å². The molecule has 2 unspecified atom stereocenters. The molecular weight excluding hydrogens is 284 g/mol. The Balaban J connectivity index is 2.83. The van der Waals surface area contributed by atoms with Crippen LogP contribution in [0.2, 0.25) is 5.02 Å². The first-order valence-corrected chi connectivity index (χ1v) is 6.56. The summed E-state index contributed by atoms with van der Waals surface area (Å²) in [5.74, 6) is -0.754. The second kappa shape index (κ2) is 7.38. The highest BCUT2D eigenvalue weighted by atomic mass is 35.5. The number of ether oxygens (including phenoxy) is 1. The van der Waals surface area contributed by atoms with Gasteiger partial charge >= 0.3 is 5.97 Å². The fourth-order valence-corrected chi connectivity index (χ4v) is 1.99. The first-order chi connectivity index (χ1) is 9.36. The standard InChI is InChI=1S/C14H17ClO5/c1-3-20-13(18)7-12(17)14(19)10-5-4-9(8(2)16)6-11(10)15/h4-6,12,14,17,19H,3,7H2,1-2H3. The van der Waals surface area contributed by atoms with Gasteiger partial charge in [-0.15, -0.1) is 0 Å². The zero-order valence-electron chi connectivity index (χ0n) is 11.3. The van der Waals surface area contributed by atoms with Gasteiger partial charge in [-0.1, -0.05) is 23.7 Å². The summed E-state index contributed by atoms with van der Waals surface area (Å²) in [6.07, 6.45) is -2.98. The second-order valence-electron chi connectivity index (χ2n) is 4.31. The summed E-state index contributed by atoms with van der Waals surface area (Å²) in [4.78, 5) is 22.4. The van der Waals surface area contributed by atoms with Crippen molar-refractivity contribution >= 4 is 23.4 Å². The lowest BCUT2D eigenvalue weighted by Crippen LogP contribution is -2.23. The Bertz CT molecular complexity index is 500. The van der Waals surface area contributed by atoms with Gasteiger partial charge in [0, 0.05) is 16.1 Å². The molecule has 0 aromatic heterocycles. The number of benzene rings is 1. The van der Waals surface area contributed by atoms with E-state index in [0.717, 1.165) is 0 Å².